The average molecular weight is 378 g/mol. The monoisotopic (exact) mass is 377 g/mol. The van der Waals surface area contributed by atoms with Crippen molar-refractivity contribution in [1.82, 2.24) is 0 Å². The van der Waals surface area contributed by atoms with Crippen molar-refractivity contribution in [2.45, 2.75) is 24.7 Å². The lowest BCUT2D eigenvalue weighted by Crippen LogP contribution is -2.34. The predicted molar refractivity (Wildman–Crippen MR) is 123 cm³/mol. The molecule has 0 aliphatic carbocycles. The third-order valence-electron chi connectivity index (χ3n) is 5.68. The Morgan fingerprint density at radius 1 is 0.448 bits per heavy atom. The van der Waals surface area contributed by atoms with Gasteiger partial charge >= 0.3 is 0 Å². The largest absolute Gasteiger partial charge is 0.399 e. The molecule has 0 aliphatic rings. The number of nitrogen functional groups attached to an aromatic ring is 1. The molecule has 0 aromatic heterocycles. The minimum absolute atomic E-state index is 0.0578. The number of nitrogens with two attached hydrogens (primary N) is 1. The second-order valence-corrected chi connectivity index (χ2v) is 7.89. The molecule has 0 amide bonds. The normalized spacial score (nSPS) is 11.3. The second kappa shape index (κ2) is 8.79. The Hall–Kier alpha value is -3.32. The Kier molecular flexibility index (Phi) is 5.76. The molecule has 4 aromatic carbocycles. The fraction of sp³-hybridized carbons (Fsp3) is 0.143. The molecule has 0 unspecified atom stereocenters. The Morgan fingerprint density at radius 3 is 1.14 bits per heavy atom. The lowest BCUT2D eigenvalue weighted by Gasteiger charge is -2.36. The first-order valence-electron chi connectivity index (χ1n) is 10.2. The zero-order valence-corrected chi connectivity index (χ0v) is 16.7. The smallest absolute Gasteiger partial charge is 0.0314 e. The highest BCUT2D eigenvalue weighted by Crippen LogP contribution is 2.36. The van der Waals surface area contributed by atoms with Crippen LogP contribution < -0.4 is 5.73 Å². The lowest BCUT2D eigenvalue weighted by atomic mass is 9.68. The van der Waals surface area contributed by atoms with Gasteiger partial charge in [-0.15, -0.1) is 0 Å². The fourth-order valence-electron chi connectivity index (χ4n) is 4.29. The summed E-state index contributed by atoms with van der Waals surface area (Å²) in [4.78, 5) is 0. The van der Waals surface area contributed by atoms with E-state index in [2.05, 4.69) is 103 Å². The fourth-order valence-corrected chi connectivity index (χ4v) is 4.29. The van der Waals surface area contributed by atoms with Gasteiger partial charge in [-0.25, -0.2) is 0 Å². The summed E-state index contributed by atoms with van der Waals surface area (Å²) in [5.41, 5.74) is 12.2. The van der Waals surface area contributed by atoms with Gasteiger partial charge in [-0.1, -0.05) is 103 Å². The molecular weight excluding hydrogens is 350 g/mol. The van der Waals surface area contributed by atoms with Crippen molar-refractivity contribution in [3.8, 4) is 0 Å². The summed E-state index contributed by atoms with van der Waals surface area (Å²) in [5.74, 6) is 0. The second-order valence-electron chi connectivity index (χ2n) is 7.89. The zero-order chi connectivity index (χ0) is 19.9. The van der Waals surface area contributed by atoms with Gasteiger partial charge in [0.2, 0.25) is 0 Å². The molecule has 0 saturated heterocycles. The van der Waals surface area contributed by atoms with Gasteiger partial charge in [0.1, 0.15) is 0 Å². The number of anilines is 1. The summed E-state index contributed by atoms with van der Waals surface area (Å²) < 4.78 is 0. The molecule has 0 spiro atoms. The molecule has 0 aliphatic heterocycles. The molecule has 1 heteroatoms. The van der Waals surface area contributed by atoms with Gasteiger partial charge in [0, 0.05) is 11.1 Å². The van der Waals surface area contributed by atoms with Crippen LogP contribution in [0.3, 0.4) is 0 Å². The maximum absolute atomic E-state index is 6.03. The quantitative estimate of drug-likeness (QED) is 0.379. The van der Waals surface area contributed by atoms with Crippen LogP contribution in [0, 0.1) is 0 Å². The Labute approximate surface area is 173 Å². The van der Waals surface area contributed by atoms with Gasteiger partial charge in [-0.3, -0.25) is 0 Å². The molecule has 0 fully saturated rings. The molecule has 0 saturated carbocycles. The highest BCUT2D eigenvalue weighted by Gasteiger charge is 2.33. The summed E-state index contributed by atoms with van der Waals surface area (Å²) >= 11 is 0. The van der Waals surface area contributed by atoms with E-state index in [0.717, 1.165) is 24.9 Å². The molecule has 4 rings (SSSR count). The van der Waals surface area contributed by atoms with Crippen LogP contribution in [0.15, 0.2) is 115 Å². The standard InChI is InChI=1S/C28H27N/c29-27-18-16-26(17-19-27)28(20-23-10-4-1-5-11-23,21-24-12-6-2-7-13-24)22-25-14-8-3-9-15-25/h1-19H,20-22,29H2. The minimum Gasteiger partial charge on any atom is -0.399 e. The van der Waals surface area contributed by atoms with Gasteiger partial charge in [0.05, 0.1) is 0 Å². The van der Waals surface area contributed by atoms with E-state index in [1.807, 2.05) is 12.1 Å². The van der Waals surface area contributed by atoms with Gasteiger partial charge < -0.3 is 5.73 Å². The molecule has 0 atom stereocenters. The molecule has 0 bridgehead atoms. The minimum atomic E-state index is -0.0578. The Bertz CT molecular complexity index is 905. The molecule has 2 N–H and O–H groups in total. The van der Waals surface area contributed by atoms with Crippen LogP contribution in [-0.4, -0.2) is 0 Å². The van der Waals surface area contributed by atoms with E-state index < -0.39 is 0 Å². The van der Waals surface area contributed by atoms with Gasteiger partial charge in [-0.05, 0) is 53.6 Å². The van der Waals surface area contributed by atoms with Crippen molar-refractivity contribution in [1.29, 1.82) is 0 Å². The van der Waals surface area contributed by atoms with Gasteiger partial charge in [0.25, 0.3) is 0 Å². The topological polar surface area (TPSA) is 26.0 Å². The summed E-state index contributed by atoms with van der Waals surface area (Å²) in [5, 5.41) is 0. The van der Waals surface area contributed by atoms with Crippen LogP contribution in [0.25, 0.3) is 0 Å². The van der Waals surface area contributed by atoms with E-state index in [4.69, 9.17) is 5.73 Å². The van der Waals surface area contributed by atoms with Crippen LogP contribution in [0.4, 0.5) is 5.69 Å². The molecule has 1 nitrogen and oxygen atoms in total. The van der Waals surface area contributed by atoms with E-state index >= 15 is 0 Å². The van der Waals surface area contributed by atoms with Crippen LogP contribution in [0.5, 0.6) is 0 Å². The first-order chi connectivity index (χ1) is 14.2. The third kappa shape index (κ3) is 4.75. The van der Waals surface area contributed by atoms with E-state index in [-0.39, 0.29) is 5.41 Å². The summed E-state index contributed by atoms with van der Waals surface area (Å²) in [6.45, 7) is 0. The van der Waals surface area contributed by atoms with Crippen molar-refractivity contribution >= 4 is 5.69 Å². The highest BCUT2D eigenvalue weighted by atomic mass is 14.5. The van der Waals surface area contributed by atoms with Gasteiger partial charge in [-0.2, -0.15) is 0 Å². The third-order valence-corrected chi connectivity index (χ3v) is 5.68. The van der Waals surface area contributed by atoms with Crippen molar-refractivity contribution < 1.29 is 0 Å². The molecular formula is C28H27N. The number of hydrogen-bond acceptors (Lipinski definition) is 1. The summed E-state index contributed by atoms with van der Waals surface area (Å²) in [6.07, 6.45) is 2.92. The molecule has 0 radical (unpaired) electrons. The molecule has 0 heterocycles. The van der Waals surface area contributed by atoms with E-state index in [0.29, 0.717) is 0 Å². The van der Waals surface area contributed by atoms with Crippen molar-refractivity contribution in [2.24, 2.45) is 0 Å². The molecule has 29 heavy (non-hydrogen) atoms. The predicted octanol–water partition coefficient (Wildman–Crippen LogP) is 6.23. The number of benzene rings is 4. The number of hydrogen-bond donors (Lipinski definition) is 1. The number of rotatable bonds is 7. The van der Waals surface area contributed by atoms with Crippen molar-refractivity contribution in [3.05, 3.63) is 138 Å². The zero-order valence-electron chi connectivity index (χ0n) is 16.7. The van der Waals surface area contributed by atoms with E-state index in [1.165, 1.54) is 22.3 Å². The lowest BCUT2D eigenvalue weighted by molar-refractivity contribution is 0.416. The van der Waals surface area contributed by atoms with Crippen molar-refractivity contribution in [2.75, 3.05) is 5.73 Å². The molecule has 4 aromatic rings. The van der Waals surface area contributed by atoms with Crippen molar-refractivity contribution in [3.63, 3.8) is 0 Å². The van der Waals surface area contributed by atoms with Crippen LogP contribution in [0.2, 0.25) is 0 Å². The van der Waals surface area contributed by atoms with Crippen LogP contribution in [0.1, 0.15) is 22.3 Å². The molecule has 144 valence electrons. The summed E-state index contributed by atoms with van der Waals surface area (Å²) in [6, 6.07) is 41.0. The average Bonchev–Trinajstić information content (AvgIpc) is 2.76. The van der Waals surface area contributed by atoms with E-state index in [9.17, 15) is 0 Å². The Morgan fingerprint density at radius 2 is 0.793 bits per heavy atom. The highest BCUT2D eigenvalue weighted by molar-refractivity contribution is 5.44. The van der Waals surface area contributed by atoms with E-state index in [1.54, 1.807) is 0 Å². The Balaban J connectivity index is 1.83. The maximum Gasteiger partial charge on any atom is 0.0314 e. The first-order valence-corrected chi connectivity index (χ1v) is 10.2. The van der Waals surface area contributed by atoms with Gasteiger partial charge in [0.15, 0.2) is 0 Å². The first kappa shape index (κ1) is 19.0. The SMILES string of the molecule is Nc1ccc(C(Cc2ccccc2)(Cc2ccccc2)Cc2ccccc2)cc1. The summed E-state index contributed by atoms with van der Waals surface area (Å²) in [7, 11) is 0. The van der Waals surface area contributed by atoms with Crippen LogP contribution in [-0.2, 0) is 24.7 Å². The van der Waals surface area contributed by atoms with Crippen LogP contribution >= 0.6 is 0 Å². The maximum atomic E-state index is 6.03.